The van der Waals surface area contributed by atoms with Crippen LogP contribution in [0.4, 0.5) is 0 Å². The van der Waals surface area contributed by atoms with E-state index in [0.717, 1.165) is 94.8 Å². The molecule has 0 saturated heterocycles. The summed E-state index contributed by atoms with van der Waals surface area (Å²) in [5.74, 6) is 2.41. The van der Waals surface area contributed by atoms with E-state index < -0.39 is 5.41 Å². The van der Waals surface area contributed by atoms with Gasteiger partial charge in [-0.25, -0.2) is 15.0 Å². The molecule has 4 heteroatoms. The van der Waals surface area contributed by atoms with Crippen molar-refractivity contribution in [2.75, 3.05) is 0 Å². The molecule has 1 aliphatic carbocycles. The average molecular weight is 816 g/mol. The van der Waals surface area contributed by atoms with Gasteiger partial charge in [-0.2, -0.15) is 0 Å². The fraction of sp³-hybridized carbons (Fsp3) is 0.0167. The Labute approximate surface area is 370 Å². The zero-order valence-electron chi connectivity index (χ0n) is 34.6. The predicted octanol–water partition coefficient (Wildman–Crippen LogP) is 15.0. The van der Waals surface area contributed by atoms with E-state index in [1.165, 1.54) is 22.3 Å². The lowest BCUT2D eigenvalue weighted by atomic mass is 9.65. The van der Waals surface area contributed by atoms with Crippen LogP contribution in [-0.4, -0.2) is 15.0 Å². The third kappa shape index (κ3) is 5.52. The summed E-state index contributed by atoms with van der Waals surface area (Å²) < 4.78 is 6.96. The van der Waals surface area contributed by atoms with Crippen molar-refractivity contribution in [2.45, 2.75) is 5.41 Å². The van der Waals surface area contributed by atoms with E-state index >= 15 is 0 Å². The number of benzene rings is 9. The summed E-state index contributed by atoms with van der Waals surface area (Å²) in [5, 5.41) is 3.27. The van der Waals surface area contributed by atoms with Gasteiger partial charge >= 0.3 is 0 Å². The zero-order chi connectivity index (χ0) is 42.2. The third-order valence-electron chi connectivity index (χ3n) is 13.1. The molecule has 64 heavy (non-hydrogen) atoms. The van der Waals surface area contributed by atoms with Gasteiger partial charge in [0.15, 0.2) is 5.82 Å². The average Bonchev–Trinajstić information content (AvgIpc) is 3.66. The number of pyridine rings is 1. The van der Waals surface area contributed by atoms with Crippen molar-refractivity contribution in [2.24, 2.45) is 0 Å². The predicted molar refractivity (Wildman–Crippen MR) is 259 cm³/mol. The molecule has 4 nitrogen and oxygen atoms in total. The second kappa shape index (κ2) is 14.3. The summed E-state index contributed by atoms with van der Waals surface area (Å²) in [6.45, 7) is 0. The van der Waals surface area contributed by atoms with E-state index in [4.69, 9.17) is 19.7 Å². The Balaban J connectivity index is 1.02. The molecule has 2 aliphatic rings. The quantitative estimate of drug-likeness (QED) is 0.162. The van der Waals surface area contributed by atoms with Crippen molar-refractivity contribution in [3.05, 3.63) is 247 Å². The van der Waals surface area contributed by atoms with Gasteiger partial charge in [0, 0.05) is 44.2 Å². The van der Waals surface area contributed by atoms with E-state index in [-0.39, 0.29) is 0 Å². The number of hydrogen-bond acceptors (Lipinski definition) is 4. The fourth-order valence-electron chi connectivity index (χ4n) is 10.3. The lowest BCUT2D eigenvalue weighted by molar-refractivity contribution is 0.437. The molecule has 0 atom stereocenters. The molecular formula is C60H37N3O. The lowest BCUT2D eigenvalue weighted by Crippen LogP contribution is -2.32. The van der Waals surface area contributed by atoms with Crippen molar-refractivity contribution in [3.63, 3.8) is 0 Å². The van der Waals surface area contributed by atoms with E-state index in [9.17, 15) is 0 Å². The molecule has 0 radical (unpaired) electrons. The molecular weight excluding hydrogens is 779 g/mol. The molecule has 298 valence electrons. The van der Waals surface area contributed by atoms with Crippen LogP contribution in [0.2, 0.25) is 0 Å². The Hall–Kier alpha value is -8.47. The van der Waals surface area contributed by atoms with Crippen LogP contribution in [0, 0.1) is 0 Å². The number of fused-ring (bicyclic) bond motifs is 12. The minimum Gasteiger partial charge on any atom is -0.457 e. The molecule has 3 heterocycles. The van der Waals surface area contributed by atoms with Crippen LogP contribution in [0.25, 0.3) is 89.1 Å². The molecule has 0 amide bonds. The first-order valence-electron chi connectivity index (χ1n) is 21.8. The topological polar surface area (TPSA) is 47.9 Å². The zero-order valence-corrected chi connectivity index (χ0v) is 34.6. The number of nitrogens with zero attached hydrogens (tertiary/aromatic N) is 3. The first-order valence-corrected chi connectivity index (χ1v) is 21.8. The molecule has 0 saturated carbocycles. The van der Waals surface area contributed by atoms with Crippen LogP contribution in [0.15, 0.2) is 224 Å². The van der Waals surface area contributed by atoms with Crippen molar-refractivity contribution in [1.82, 2.24) is 15.0 Å². The molecule has 0 fully saturated rings. The van der Waals surface area contributed by atoms with E-state index in [0.29, 0.717) is 5.82 Å². The maximum Gasteiger partial charge on any atom is 0.160 e. The highest BCUT2D eigenvalue weighted by molar-refractivity contribution is 6.13. The fourth-order valence-corrected chi connectivity index (χ4v) is 10.3. The van der Waals surface area contributed by atoms with E-state index in [2.05, 4.69) is 188 Å². The molecule has 11 aromatic rings. The molecule has 13 rings (SSSR count). The van der Waals surface area contributed by atoms with Crippen molar-refractivity contribution < 1.29 is 4.74 Å². The third-order valence-corrected chi connectivity index (χ3v) is 13.1. The number of para-hydroxylation sites is 1. The van der Waals surface area contributed by atoms with Gasteiger partial charge in [-0.3, -0.25) is 0 Å². The molecule has 1 spiro atoms. The smallest absolute Gasteiger partial charge is 0.160 e. The highest BCUT2D eigenvalue weighted by Gasteiger charge is 2.51. The maximum absolute atomic E-state index is 6.96. The van der Waals surface area contributed by atoms with Crippen LogP contribution in [0.1, 0.15) is 22.3 Å². The van der Waals surface area contributed by atoms with Gasteiger partial charge in [0.2, 0.25) is 0 Å². The summed E-state index contributed by atoms with van der Waals surface area (Å²) in [6.07, 6.45) is 0. The Morgan fingerprint density at radius 3 is 1.59 bits per heavy atom. The van der Waals surface area contributed by atoms with Gasteiger partial charge in [0.05, 0.1) is 28.0 Å². The van der Waals surface area contributed by atoms with Crippen LogP contribution in [0.5, 0.6) is 11.5 Å². The number of ether oxygens (including phenoxy) is 1. The van der Waals surface area contributed by atoms with Crippen molar-refractivity contribution in [1.29, 1.82) is 0 Å². The molecule has 1 aliphatic heterocycles. The van der Waals surface area contributed by atoms with Crippen LogP contribution < -0.4 is 4.74 Å². The highest BCUT2D eigenvalue weighted by atomic mass is 16.5. The number of aromatic nitrogens is 3. The minimum atomic E-state index is -0.573. The lowest BCUT2D eigenvalue weighted by Gasteiger charge is -2.39. The van der Waals surface area contributed by atoms with Crippen molar-refractivity contribution in [3.8, 4) is 78.9 Å². The van der Waals surface area contributed by atoms with Gasteiger partial charge in [0.25, 0.3) is 0 Å². The van der Waals surface area contributed by atoms with Crippen molar-refractivity contribution >= 4 is 21.7 Å². The minimum absolute atomic E-state index is 0.573. The van der Waals surface area contributed by atoms with E-state index in [1.807, 2.05) is 36.4 Å². The highest BCUT2D eigenvalue weighted by Crippen LogP contribution is 2.62. The first kappa shape index (κ1) is 36.2. The normalized spacial score (nSPS) is 12.9. The monoisotopic (exact) mass is 815 g/mol. The number of hydrogen-bond donors (Lipinski definition) is 0. The Kier molecular flexibility index (Phi) is 8.09. The van der Waals surface area contributed by atoms with Gasteiger partial charge in [-0.15, -0.1) is 0 Å². The summed E-state index contributed by atoms with van der Waals surface area (Å²) in [6, 6.07) is 79.5. The molecule has 0 N–H and O–H groups in total. The largest absolute Gasteiger partial charge is 0.457 e. The Bertz CT molecular complexity index is 3540. The second-order valence-electron chi connectivity index (χ2n) is 16.7. The van der Waals surface area contributed by atoms with Gasteiger partial charge in [-0.1, -0.05) is 188 Å². The number of rotatable bonds is 5. The van der Waals surface area contributed by atoms with E-state index in [1.54, 1.807) is 0 Å². The Morgan fingerprint density at radius 2 is 0.875 bits per heavy atom. The van der Waals surface area contributed by atoms with Gasteiger partial charge in [0.1, 0.15) is 11.5 Å². The second-order valence-corrected chi connectivity index (χ2v) is 16.7. The molecule has 0 bridgehead atoms. The van der Waals surface area contributed by atoms with Gasteiger partial charge < -0.3 is 4.74 Å². The maximum atomic E-state index is 6.96. The summed E-state index contributed by atoms with van der Waals surface area (Å²) >= 11 is 0. The van der Waals surface area contributed by atoms with Gasteiger partial charge in [-0.05, 0) is 75.2 Å². The Morgan fingerprint density at radius 1 is 0.312 bits per heavy atom. The summed E-state index contributed by atoms with van der Waals surface area (Å²) in [5.41, 5.74) is 16.6. The SMILES string of the molecule is c1ccc(-c2cc(-c3cccc(-c4ccc5c(c4)nc(-c4ccccc4)c4cc6c(cc45)C4(c5ccccc5O6)c5ccccc5-c5ccccc54)c3)nc(-c3ccccc3)n2)cc1. The van der Waals surface area contributed by atoms with Crippen LogP contribution in [-0.2, 0) is 5.41 Å². The standard InChI is InChI=1S/C60H37N3O/c1-4-17-38(18-5-1)53-37-54(63-59(62-53)40-21-8-3-9-22-40)43-24-16-23-41(33-43)42-31-32-46-47-35-52-57(36-48(47)58(61-55(46)34-42)39-19-6-2-7-20-39)64-56-30-15-14-29-51(56)60(52)49-27-12-10-25-44(49)45-26-11-13-28-50(45)60/h1-37H. The van der Waals surface area contributed by atoms with Crippen LogP contribution in [0.3, 0.4) is 0 Å². The molecule has 0 unspecified atom stereocenters. The van der Waals surface area contributed by atoms with Crippen LogP contribution >= 0.6 is 0 Å². The summed E-state index contributed by atoms with van der Waals surface area (Å²) in [7, 11) is 0. The molecule has 9 aromatic carbocycles. The molecule has 2 aromatic heterocycles. The summed E-state index contributed by atoms with van der Waals surface area (Å²) in [4.78, 5) is 15.7. The first-order chi connectivity index (χ1) is 31.7.